The fraction of sp³-hybridized carbons (Fsp3) is 0.231. The molecule has 0 N–H and O–H groups in total. The van der Waals surface area contributed by atoms with Crippen LogP contribution in [-0.4, -0.2) is 47.8 Å². The monoisotopic (exact) mass is 398 g/mol. The van der Waals surface area contributed by atoms with Crippen LogP contribution in [0.2, 0.25) is 0 Å². The third kappa shape index (κ3) is 4.28. The molecule has 1 saturated heterocycles. The Hall–Kier alpha value is -3.40. The summed E-state index contributed by atoms with van der Waals surface area (Å²) in [6.07, 6.45) is 0. The summed E-state index contributed by atoms with van der Waals surface area (Å²) in [5, 5.41) is 0. The Labute approximate surface area is 177 Å². The third-order valence-electron chi connectivity index (χ3n) is 5.66. The molecular formula is C26H26N2O2. The SMILES string of the molecule is Cc1cccc(C(=O)N2CCN(C(=O)C(c3ccccc3)c3ccccc3)CC2)c1. The van der Waals surface area contributed by atoms with Gasteiger partial charge in [-0.1, -0.05) is 78.4 Å². The van der Waals surface area contributed by atoms with Gasteiger partial charge in [0.1, 0.15) is 0 Å². The zero-order chi connectivity index (χ0) is 20.9. The molecule has 1 aliphatic rings. The molecule has 0 aliphatic carbocycles. The van der Waals surface area contributed by atoms with E-state index in [0.29, 0.717) is 31.7 Å². The lowest BCUT2D eigenvalue weighted by molar-refractivity contribution is -0.133. The van der Waals surface area contributed by atoms with Crippen molar-refractivity contribution in [3.8, 4) is 0 Å². The largest absolute Gasteiger partial charge is 0.338 e. The maximum absolute atomic E-state index is 13.5. The minimum Gasteiger partial charge on any atom is -0.338 e. The van der Waals surface area contributed by atoms with E-state index in [4.69, 9.17) is 0 Å². The zero-order valence-corrected chi connectivity index (χ0v) is 17.2. The summed E-state index contributed by atoms with van der Waals surface area (Å²) < 4.78 is 0. The van der Waals surface area contributed by atoms with Crippen LogP contribution in [0.15, 0.2) is 84.9 Å². The Bertz CT molecular complexity index is 970. The second kappa shape index (κ2) is 8.95. The van der Waals surface area contributed by atoms with Crippen molar-refractivity contribution < 1.29 is 9.59 Å². The molecule has 30 heavy (non-hydrogen) atoms. The summed E-state index contributed by atoms with van der Waals surface area (Å²) in [5.74, 6) is -0.199. The van der Waals surface area contributed by atoms with Gasteiger partial charge < -0.3 is 9.80 Å². The van der Waals surface area contributed by atoms with E-state index in [1.54, 1.807) is 0 Å². The molecular weight excluding hydrogens is 372 g/mol. The molecule has 0 unspecified atom stereocenters. The highest BCUT2D eigenvalue weighted by atomic mass is 16.2. The van der Waals surface area contributed by atoms with Crippen molar-refractivity contribution in [3.63, 3.8) is 0 Å². The normalized spacial score (nSPS) is 14.1. The quantitative estimate of drug-likeness (QED) is 0.664. The molecule has 2 amide bonds. The van der Waals surface area contributed by atoms with E-state index in [1.807, 2.05) is 102 Å². The summed E-state index contributed by atoms with van der Waals surface area (Å²) in [7, 11) is 0. The summed E-state index contributed by atoms with van der Waals surface area (Å²) in [5.41, 5.74) is 3.77. The maximum atomic E-state index is 13.5. The molecule has 1 heterocycles. The second-order valence-corrected chi connectivity index (χ2v) is 7.74. The maximum Gasteiger partial charge on any atom is 0.253 e. The van der Waals surface area contributed by atoms with Gasteiger partial charge in [-0.25, -0.2) is 0 Å². The zero-order valence-electron chi connectivity index (χ0n) is 17.2. The molecule has 1 fully saturated rings. The highest BCUT2D eigenvalue weighted by Gasteiger charge is 2.31. The van der Waals surface area contributed by atoms with Gasteiger partial charge in [0.05, 0.1) is 5.92 Å². The number of aryl methyl sites for hydroxylation is 1. The van der Waals surface area contributed by atoms with Crippen LogP contribution in [0.5, 0.6) is 0 Å². The van der Waals surface area contributed by atoms with Gasteiger partial charge in [0.2, 0.25) is 5.91 Å². The minimum absolute atomic E-state index is 0.0356. The van der Waals surface area contributed by atoms with E-state index in [-0.39, 0.29) is 17.7 Å². The van der Waals surface area contributed by atoms with Gasteiger partial charge in [-0.2, -0.15) is 0 Å². The van der Waals surface area contributed by atoms with Gasteiger partial charge in [0.15, 0.2) is 0 Å². The van der Waals surface area contributed by atoms with Crippen LogP contribution in [0.25, 0.3) is 0 Å². The molecule has 0 spiro atoms. The van der Waals surface area contributed by atoms with Crippen LogP contribution >= 0.6 is 0 Å². The van der Waals surface area contributed by atoms with Crippen molar-refractivity contribution in [1.82, 2.24) is 9.80 Å². The van der Waals surface area contributed by atoms with Crippen molar-refractivity contribution in [1.29, 1.82) is 0 Å². The smallest absolute Gasteiger partial charge is 0.253 e. The molecule has 0 radical (unpaired) electrons. The summed E-state index contributed by atoms with van der Waals surface area (Å²) in [4.78, 5) is 30.1. The van der Waals surface area contributed by atoms with Crippen molar-refractivity contribution in [2.24, 2.45) is 0 Å². The van der Waals surface area contributed by atoms with Gasteiger partial charge in [0.25, 0.3) is 5.91 Å². The number of amides is 2. The molecule has 3 aromatic carbocycles. The van der Waals surface area contributed by atoms with Gasteiger partial charge in [-0.3, -0.25) is 9.59 Å². The molecule has 0 aromatic heterocycles. The molecule has 0 bridgehead atoms. The highest BCUT2D eigenvalue weighted by molar-refractivity contribution is 5.94. The van der Waals surface area contributed by atoms with Gasteiger partial charge in [-0.15, -0.1) is 0 Å². The van der Waals surface area contributed by atoms with Crippen LogP contribution in [0.1, 0.15) is 33.0 Å². The topological polar surface area (TPSA) is 40.6 Å². The van der Waals surface area contributed by atoms with E-state index >= 15 is 0 Å². The Morgan fingerprint density at radius 3 is 1.77 bits per heavy atom. The Balaban J connectivity index is 1.49. The van der Waals surface area contributed by atoms with Gasteiger partial charge in [-0.05, 0) is 30.2 Å². The molecule has 0 atom stereocenters. The molecule has 1 aliphatic heterocycles. The van der Waals surface area contributed by atoms with Crippen molar-refractivity contribution in [3.05, 3.63) is 107 Å². The van der Waals surface area contributed by atoms with E-state index in [0.717, 1.165) is 16.7 Å². The average Bonchev–Trinajstić information content (AvgIpc) is 2.80. The predicted molar refractivity (Wildman–Crippen MR) is 118 cm³/mol. The Morgan fingerprint density at radius 1 is 0.700 bits per heavy atom. The third-order valence-corrected chi connectivity index (χ3v) is 5.66. The minimum atomic E-state index is -0.327. The van der Waals surface area contributed by atoms with Crippen LogP contribution < -0.4 is 0 Å². The van der Waals surface area contributed by atoms with Crippen molar-refractivity contribution in [2.75, 3.05) is 26.2 Å². The number of nitrogens with zero attached hydrogens (tertiary/aromatic N) is 2. The first-order valence-electron chi connectivity index (χ1n) is 10.4. The lowest BCUT2D eigenvalue weighted by Gasteiger charge is -2.36. The van der Waals surface area contributed by atoms with E-state index < -0.39 is 0 Å². The van der Waals surface area contributed by atoms with Crippen molar-refractivity contribution >= 4 is 11.8 Å². The fourth-order valence-electron chi connectivity index (χ4n) is 4.04. The molecule has 4 nitrogen and oxygen atoms in total. The Morgan fingerprint density at radius 2 is 1.23 bits per heavy atom. The van der Waals surface area contributed by atoms with Gasteiger partial charge in [0, 0.05) is 31.7 Å². The average molecular weight is 399 g/mol. The lowest BCUT2D eigenvalue weighted by Crippen LogP contribution is -2.51. The fourth-order valence-corrected chi connectivity index (χ4v) is 4.04. The molecule has 4 rings (SSSR count). The highest BCUT2D eigenvalue weighted by Crippen LogP contribution is 2.27. The summed E-state index contributed by atoms with van der Waals surface area (Å²) in [6, 6.07) is 27.5. The first kappa shape index (κ1) is 19.9. The molecule has 0 saturated carbocycles. The number of carbonyl (C=O) groups is 2. The van der Waals surface area contributed by atoms with Crippen LogP contribution in [0.4, 0.5) is 0 Å². The van der Waals surface area contributed by atoms with Gasteiger partial charge >= 0.3 is 0 Å². The molecule has 4 heteroatoms. The number of benzene rings is 3. The van der Waals surface area contributed by atoms with Crippen LogP contribution in [-0.2, 0) is 4.79 Å². The predicted octanol–water partition coefficient (Wildman–Crippen LogP) is 4.11. The number of carbonyl (C=O) groups excluding carboxylic acids is 2. The van der Waals surface area contributed by atoms with E-state index in [2.05, 4.69) is 0 Å². The summed E-state index contributed by atoms with van der Waals surface area (Å²) in [6.45, 7) is 4.18. The number of piperazine rings is 1. The van der Waals surface area contributed by atoms with Crippen LogP contribution in [0, 0.1) is 6.92 Å². The number of hydrogen-bond acceptors (Lipinski definition) is 2. The second-order valence-electron chi connectivity index (χ2n) is 7.74. The molecule has 3 aromatic rings. The number of rotatable bonds is 4. The number of hydrogen-bond donors (Lipinski definition) is 0. The first-order chi connectivity index (χ1) is 14.6. The van der Waals surface area contributed by atoms with E-state index in [1.165, 1.54) is 0 Å². The molecule has 152 valence electrons. The van der Waals surface area contributed by atoms with E-state index in [9.17, 15) is 9.59 Å². The Kier molecular flexibility index (Phi) is 5.94. The first-order valence-corrected chi connectivity index (χ1v) is 10.4. The van der Waals surface area contributed by atoms with Crippen molar-refractivity contribution in [2.45, 2.75) is 12.8 Å². The van der Waals surface area contributed by atoms with Crippen LogP contribution in [0.3, 0.4) is 0 Å². The summed E-state index contributed by atoms with van der Waals surface area (Å²) >= 11 is 0. The lowest BCUT2D eigenvalue weighted by atomic mass is 9.90. The standard InChI is InChI=1S/C26H26N2O2/c1-20-9-8-14-23(19-20)25(29)27-15-17-28(18-16-27)26(30)24(21-10-4-2-5-11-21)22-12-6-3-7-13-22/h2-14,19,24H,15-18H2,1H3.